The second-order valence-electron chi connectivity index (χ2n) is 27.2. The maximum absolute atomic E-state index is 13.0. The summed E-state index contributed by atoms with van der Waals surface area (Å²) in [7, 11) is -9.83. The van der Waals surface area contributed by atoms with E-state index in [4.69, 9.17) is 32.3 Å². The van der Waals surface area contributed by atoms with Crippen LogP contribution in [0.4, 0.5) is 0 Å². The van der Waals surface area contributed by atoms with Gasteiger partial charge >= 0.3 is 33.6 Å². The molecule has 0 fully saturated rings. The molecule has 610 valence electrons. The molecule has 0 aliphatic heterocycles. The number of hydrogen-bond donors (Lipinski definition) is 4. The third-order valence-electron chi connectivity index (χ3n) is 16.9. The Kier molecular flexibility index (Phi) is 76.6. The zero-order valence-corrected chi connectivity index (χ0v) is 68.5. The van der Waals surface area contributed by atoms with Crippen LogP contribution in [0, 0.1) is 0 Å². The molecule has 0 aliphatic rings. The van der Waals surface area contributed by atoms with E-state index in [-0.39, 0.29) is 19.3 Å². The SMILES string of the molecule is CC/C=C\C/C=C\C/C=C\C/C=C\C/C=C\C/C=C\CCCCC(=O)OC(COC(=O)CCCCCCCCC/C=C\C/C=C\C/C=C\C/C=C\CCCCC)COP(=O)(O)OCC(O)COP(=O)(O)OCC(O)COC(=O)CCCCCCCCCCCCC/C=C\C/C=C\C/C=C\C/C=C\CCCCC. The van der Waals surface area contributed by atoms with Gasteiger partial charge in [-0.2, -0.15) is 0 Å². The fourth-order valence-electron chi connectivity index (χ4n) is 10.6. The number of allylic oxidation sites excluding steroid dienone is 28. The van der Waals surface area contributed by atoms with Gasteiger partial charge in [0.25, 0.3) is 0 Å². The first-order chi connectivity index (χ1) is 52.2. The normalized spacial score (nSPS) is 14.8. The largest absolute Gasteiger partial charge is 0.472 e. The maximum Gasteiger partial charge on any atom is 0.472 e. The van der Waals surface area contributed by atoms with E-state index in [0.29, 0.717) is 25.7 Å². The lowest BCUT2D eigenvalue weighted by Crippen LogP contribution is -2.30. The Morgan fingerprint density at radius 2 is 0.495 bits per heavy atom. The minimum Gasteiger partial charge on any atom is -0.463 e. The van der Waals surface area contributed by atoms with Crippen molar-refractivity contribution < 1.29 is 75.8 Å². The van der Waals surface area contributed by atoms with Crippen LogP contribution >= 0.6 is 15.6 Å². The van der Waals surface area contributed by atoms with Gasteiger partial charge in [-0.25, -0.2) is 9.13 Å². The second kappa shape index (κ2) is 80.4. The number of phosphoric ester groups is 2. The molecule has 0 saturated carbocycles. The lowest BCUT2D eigenvalue weighted by Gasteiger charge is -2.21. The van der Waals surface area contributed by atoms with Gasteiger partial charge in [0.05, 0.1) is 26.4 Å². The molecule has 4 N–H and O–H groups in total. The summed E-state index contributed by atoms with van der Waals surface area (Å²) in [6, 6.07) is 0. The smallest absolute Gasteiger partial charge is 0.463 e. The summed E-state index contributed by atoms with van der Waals surface area (Å²) < 4.78 is 61.2. The van der Waals surface area contributed by atoms with E-state index in [1.54, 1.807) is 0 Å². The van der Waals surface area contributed by atoms with E-state index in [2.05, 4.69) is 191 Å². The third kappa shape index (κ3) is 81.7. The predicted octanol–water partition coefficient (Wildman–Crippen LogP) is 24.8. The van der Waals surface area contributed by atoms with Gasteiger partial charge < -0.3 is 34.2 Å². The number of carbonyl (C=O) groups is 3. The van der Waals surface area contributed by atoms with Crippen LogP contribution in [0.2, 0.25) is 0 Å². The number of phosphoric acid groups is 2. The van der Waals surface area contributed by atoms with Gasteiger partial charge in [-0.15, -0.1) is 0 Å². The van der Waals surface area contributed by atoms with Crippen LogP contribution in [0.1, 0.15) is 316 Å². The number of esters is 3. The van der Waals surface area contributed by atoms with Crippen molar-refractivity contribution in [2.24, 2.45) is 0 Å². The van der Waals surface area contributed by atoms with Crippen molar-refractivity contribution >= 4 is 33.6 Å². The average Bonchev–Trinajstić information content (AvgIpc) is 0.934. The third-order valence-corrected chi connectivity index (χ3v) is 18.8. The van der Waals surface area contributed by atoms with Crippen LogP contribution in [0.25, 0.3) is 0 Å². The highest BCUT2D eigenvalue weighted by Crippen LogP contribution is 2.45. The van der Waals surface area contributed by atoms with Gasteiger partial charge in [-0.1, -0.05) is 306 Å². The summed E-state index contributed by atoms with van der Waals surface area (Å²) >= 11 is 0. The molecule has 0 heterocycles. The number of carbonyl (C=O) groups excluding carboxylic acids is 3. The molecule has 5 unspecified atom stereocenters. The van der Waals surface area contributed by atoms with Crippen molar-refractivity contribution in [2.75, 3.05) is 39.6 Å². The Hall–Kier alpha value is -5.09. The van der Waals surface area contributed by atoms with E-state index in [9.17, 15) is 43.5 Å². The van der Waals surface area contributed by atoms with E-state index >= 15 is 0 Å². The number of aliphatic hydroxyl groups is 2. The van der Waals surface area contributed by atoms with Crippen LogP contribution in [-0.2, 0) is 55.8 Å². The van der Waals surface area contributed by atoms with Crippen molar-refractivity contribution in [3.05, 3.63) is 170 Å². The fourth-order valence-corrected chi connectivity index (χ4v) is 12.2. The predicted molar refractivity (Wildman–Crippen MR) is 445 cm³/mol. The lowest BCUT2D eigenvalue weighted by atomic mass is 10.0. The Morgan fingerprint density at radius 1 is 0.271 bits per heavy atom. The summed E-state index contributed by atoms with van der Waals surface area (Å²) in [6.45, 7) is 2.45. The average molecular weight is 1540 g/mol. The van der Waals surface area contributed by atoms with Crippen molar-refractivity contribution in [1.82, 2.24) is 0 Å². The van der Waals surface area contributed by atoms with Crippen LogP contribution in [0.15, 0.2) is 170 Å². The molecule has 107 heavy (non-hydrogen) atoms. The van der Waals surface area contributed by atoms with E-state index in [1.807, 2.05) is 0 Å². The van der Waals surface area contributed by atoms with Crippen LogP contribution < -0.4 is 0 Å². The van der Waals surface area contributed by atoms with Crippen molar-refractivity contribution in [3.8, 4) is 0 Å². The van der Waals surface area contributed by atoms with Gasteiger partial charge in [-0.05, 0) is 161 Å². The summed E-state index contributed by atoms with van der Waals surface area (Å²) in [5.41, 5.74) is 0. The maximum atomic E-state index is 13.0. The fraction of sp³-hybridized carbons (Fsp3) is 0.652. The molecular formula is C89H148O16P2. The molecule has 0 aromatic carbocycles. The highest BCUT2D eigenvalue weighted by Gasteiger charge is 2.29. The Morgan fingerprint density at radius 3 is 0.804 bits per heavy atom. The van der Waals surface area contributed by atoms with Gasteiger partial charge in [0, 0.05) is 19.3 Å². The van der Waals surface area contributed by atoms with Gasteiger partial charge in [0.15, 0.2) is 6.10 Å². The molecule has 0 radical (unpaired) electrons. The molecule has 0 spiro atoms. The lowest BCUT2D eigenvalue weighted by molar-refractivity contribution is -0.161. The summed E-state index contributed by atoms with van der Waals surface area (Å²) in [4.78, 5) is 58.8. The summed E-state index contributed by atoms with van der Waals surface area (Å²) in [6.07, 6.45) is 102. The van der Waals surface area contributed by atoms with Crippen LogP contribution in [-0.4, -0.2) is 95.9 Å². The Bertz CT molecular complexity index is 2620. The number of hydrogen-bond acceptors (Lipinski definition) is 14. The first-order valence-corrected chi connectivity index (χ1v) is 44.4. The quantitative estimate of drug-likeness (QED) is 0.0146. The highest BCUT2D eigenvalue weighted by molar-refractivity contribution is 7.47. The number of unbranched alkanes of at least 4 members (excludes halogenated alkanes) is 26. The van der Waals surface area contributed by atoms with Crippen molar-refractivity contribution in [2.45, 2.75) is 334 Å². The molecule has 0 aromatic heterocycles. The number of rotatable bonds is 77. The zero-order chi connectivity index (χ0) is 78.0. The molecule has 5 atom stereocenters. The molecule has 0 rings (SSSR count). The molecular weight excluding hydrogens is 1390 g/mol. The second-order valence-corrected chi connectivity index (χ2v) is 30.1. The number of ether oxygens (including phenoxy) is 3. The molecule has 0 aliphatic carbocycles. The van der Waals surface area contributed by atoms with E-state index in [1.165, 1.54) is 96.3 Å². The van der Waals surface area contributed by atoms with E-state index in [0.717, 1.165) is 154 Å². The topological polar surface area (TPSA) is 231 Å². The molecule has 0 aromatic rings. The zero-order valence-electron chi connectivity index (χ0n) is 66.7. The summed E-state index contributed by atoms with van der Waals surface area (Å²) in [5, 5.41) is 20.7. The van der Waals surface area contributed by atoms with Gasteiger partial charge in [-0.3, -0.25) is 32.5 Å². The van der Waals surface area contributed by atoms with Crippen LogP contribution in [0.5, 0.6) is 0 Å². The van der Waals surface area contributed by atoms with Gasteiger partial charge in [0.2, 0.25) is 0 Å². The van der Waals surface area contributed by atoms with Crippen molar-refractivity contribution in [1.29, 1.82) is 0 Å². The Balaban J connectivity index is 4.71. The minimum absolute atomic E-state index is 0.0405. The molecule has 18 heteroatoms. The first-order valence-electron chi connectivity index (χ1n) is 41.4. The number of aliphatic hydroxyl groups excluding tert-OH is 2. The standard InChI is InChI=1S/C89H148O16P2/c1-4-7-10-13-16-19-22-25-28-31-34-37-39-40-41-42-44-47-48-51-54-57-60-63-66-69-72-75-87(92)99-78-84(90)79-101-106(95,96)102-80-85(91)81-103-107(97,98)104-83-86(105-89(94)77-74-71-68-65-62-59-56-53-50-45-36-33-30-27-24-21-18-15-12-9-6-3)82-100-88(93)76-73-70-67-64-61-58-55-52-49-46-43-38-35-32-29-26-23-20-17-14-11-8-5-2/h9,12,16-21,25-30,34-38,40-41,45-46,49,53,56,62,65,84-86,90-91H,4-8,10-11,13-15,22-24,31-33,39,42-44,47-48,50-52,54-55,57-61,63-64,66-83H2,1-3H3,(H,95,96)(H,97,98)/b12-9-,19-16-,20-17-,21-18-,28-25-,29-26-,30-27-,37-34-,38-35-,41-40-,45-36-,49-46-,56-53-,65-62-. The molecule has 0 bridgehead atoms. The van der Waals surface area contributed by atoms with Crippen molar-refractivity contribution in [3.63, 3.8) is 0 Å². The Labute approximate surface area is 650 Å². The molecule has 0 saturated heterocycles. The van der Waals surface area contributed by atoms with E-state index < -0.39 is 91.5 Å². The molecule has 0 amide bonds. The molecule has 16 nitrogen and oxygen atoms in total. The monoisotopic (exact) mass is 1540 g/mol. The van der Waals surface area contributed by atoms with Crippen LogP contribution in [0.3, 0.4) is 0 Å². The first kappa shape index (κ1) is 102. The summed E-state index contributed by atoms with van der Waals surface area (Å²) in [5.74, 6) is -1.65. The van der Waals surface area contributed by atoms with Gasteiger partial charge in [0.1, 0.15) is 25.4 Å². The highest BCUT2D eigenvalue weighted by atomic mass is 31.2. The minimum atomic E-state index is -4.96.